The third kappa shape index (κ3) is 45.0. The van der Waals surface area contributed by atoms with E-state index < -0.39 is 17.9 Å². The third-order valence-electron chi connectivity index (χ3n) is 12.9. The Hall–Kier alpha value is -2.96. The number of ether oxygens (including phenoxy) is 5. The van der Waals surface area contributed by atoms with E-state index in [0.717, 1.165) is 66.2 Å². The molecule has 4 bridgehead atoms. The second-order valence-corrected chi connectivity index (χ2v) is 19.1. The minimum absolute atomic E-state index is 0. The first-order chi connectivity index (χ1) is 37.9. The van der Waals surface area contributed by atoms with E-state index in [4.69, 9.17) is 33.9 Å². The van der Waals surface area contributed by atoms with Crippen LogP contribution in [-0.2, 0) is 159 Å². The average Bonchev–Trinajstić information content (AvgIpc) is 3.38. The van der Waals surface area contributed by atoms with Gasteiger partial charge in [0, 0.05) is 73.0 Å². The minimum Gasteiger partial charge on any atom is -1.00 e. The molecule has 1 radical (unpaired) electrons. The van der Waals surface area contributed by atoms with Gasteiger partial charge in [0.25, 0.3) is 0 Å². The summed E-state index contributed by atoms with van der Waals surface area (Å²) in [5.74, 6) is -0.584. The average molecular weight is 1490 g/mol. The summed E-state index contributed by atoms with van der Waals surface area (Å²) in [5, 5.41) is 17.0. The SMILES string of the molecule is C.CC.CC.CCOC(=O)C1C(=O)CC2CCCC1C2.CCOC(=O)Cc1cccc(CC(=O)OCC)c1.CCOC(=O)Cc1cccc(CC(=O)OCC)c1.O=C(O)Cc1cccc(CC(=O)O)c1.O=C1CC2CCCC(C1)C2.[CH3-].[CH3-].[H-].[Na+].[Na+].[OH-].[W].[Y]. The maximum absolute atomic E-state index is 11.8. The third-order valence-corrected chi connectivity index (χ3v) is 12.9. The fourth-order valence-electron chi connectivity index (χ4n) is 9.96. The zero-order valence-corrected chi connectivity index (χ0v) is 63.7. The van der Waals surface area contributed by atoms with Crippen LogP contribution in [0.1, 0.15) is 175 Å². The molecule has 0 saturated heterocycles. The molecule has 5 atom stereocenters. The smallest absolute Gasteiger partial charge is 1.00 e. The second-order valence-electron chi connectivity index (χ2n) is 19.1. The first kappa shape index (κ1) is 100. The van der Waals surface area contributed by atoms with Crippen LogP contribution < -0.4 is 59.1 Å². The number of aliphatic carboxylic acids is 2. The van der Waals surface area contributed by atoms with Gasteiger partial charge in [0.2, 0.25) is 0 Å². The Morgan fingerprint density at radius 3 is 1.03 bits per heavy atom. The van der Waals surface area contributed by atoms with Crippen molar-refractivity contribution in [2.45, 2.75) is 179 Å². The van der Waals surface area contributed by atoms with E-state index in [1.807, 2.05) is 76.2 Å². The fraction of sp³-hybridized carbons (Fsp3) is 0.561. The number of carbonyl (C=O) groups excluding carboxylic acids is 7. The van der Waals surface area contributed by atoms with Crippen molar-refractivity contribution < 1.29 is 197 Å². The Kier molecular flexibility index (Phi) is 69.8. The van der Waals surface area contributed by atoms with Crippen LogP contribution >= 0.6 is 0 Å². The van der Waals surface area contributed by atoms with Gasteiger partial charge >= 0.3 is 101 Å². The van der Waals surface area contributed by atoms with Crippen LogP contribution in [0.4, 0.5) is 0 Å². The molecule has 4 saturated carbocycles. The van der Waals surface area contributed by atoms with E-state index in [1.54, 1.807) is 58.9 Å². The molecule has 0 spiro atoms. The van der Waals surface area contributed by atoms with Gasteiger partial charge in [-0.3, -0.25) is 43.2 Å². The van der Waals surface area contributed by atoms with Crippen molar-refractivity contribution in [2.75, 3.05) is 33.0 Å². The molecular formula is C66H102Na2O17WY-2. The number of ketones is 2. The van der Waals surface area contributed by atoms with E-state index in [-0.39, 0.29) is 222 Å². The van der Waals surface area contributed by atoms with Gasteiger partial charge in [-0.1, -0.05) is 140 Å². The number of fused-ring (bicyclic) bond motifs is 4. The number of hydrogen-bond donors (Lipinski definition) is 2. The molecule has 4 fully saturated rings. The van der Waals surface area contributed by atoms with Crippen LogP contribution in [0.2, 0.25) is 0 Å². The van der Waals surface area contributed by atoms with Gasteiger partial charge in [-0.2, -0.15) is 0 Å². The zero-order valence-electron chi connectivity index (χ0n) is 54.9. The number of carboxylic acid groups (broad SMARTS) is 2. The summed E-state index contributed by atoms with van der Waals surface area (Å²) < 4.78 is 24.5. The van der Waals surface area contributed by atoms with Crippen molar-refractivity contribution in [3.8, 4) is 0 Å². The fourth-order valence-corrected chi connectivity index (χ4v) is 9.96. The summed E-state index contributed by atoms with van der Waals surface area (Å²) >= 11 is 0. The van der Waals surface area contributed by atoms with E-state index in [2.05, 4.69) is 0 Å². The number of esters is 5. The zero-order chi connectivity index (χ0) is 59.1. The molecule has 17 nitrogen and oxygen atoms in total. The predicted molar refractivity (Wildman–Crippen MR) is 324 cm³/mol. The van der Waals surface area contributed by atoms with Crippen LogP contribution in [0.5, 0.6) is 0 Å². The van der Waals surface area contributed by atoms with Gasteiger partial charge in [-0.05, 0) is 111 Å². The van der Waals surface area contributed by atoms with Crippen molar-refractivity contribution in [1.82, 2.24) is 0 Å². The molecule has 0 aliphatic heterocycles. The molecule has 0 aromatic heterocycles. The summed E-state index contributed by atoms with van der Waals surface area (Å²) in [5.41, 5.74) is 4.61. The number of rotatable bonds is 18. The van der Waals surface area contributed by atoms with Crippen LogP contribution in [0.25, 0.3) is 0 Å². The summed E-state index contributed by atoms with van der Waals surface area (Å²) in [4.78, 5) is 101. The van der Waals surface area contributed by atoms with Gasteiger partial charge < -0.3 is 55.7 Å². The maximum atomic E-state index is 11.8. The molecule has 4 aliphatic carbocycles. The molecule has 7 rings (SSSR count). The van der Waals surface area contributed by atoms with Gasteiger partial charge in [-0.15, -0.1) is 0 Å². The van der Waals surface area contributed by atoms with Gasteiger partial charge in [0.15, 0.2) is 0 Å². The van der Waals surface area contributed by atoms with Crippen molar-refractivity contribution in [3.05, 3.63) is 121 Å². The summed E-state index contributed by atoms with van der Waals surface area (Å²) in [6, 6.07) is 21.2. The summed E-state index contributed by atoms with van der Waals surface area (Å²) in [6.07, 6.45) is 12.9. The van der Waals surface area contributed by atoms with E-state index in [9.17, 15) is 43.2 Å². The van der Waals surface area contributed by atoms with Crippen LogP contribution in [0, 0.1) is 44.4 Å². The van der Waals surface area contributed by atoms with Crippen LogP contribution in [-0.4, -0.2) is 102 Å². The van der Waals surface area contributed by atoms with Gasteiger partial charge in [-0.25, -0.2) is 0 Å². The minimum atomic E-state index is -0.919. The van der Waals surface area contributed by atoms with Gasteiger partial charge in [0.1, 0.15) is 17.5 Å². The monoisotopic (exact) mass is 1490 g/mol. The predicted octanol–water partition coefficient (Wildman–Crippen LogP) is 6.36. The number of Topliss-reactive ketones (excluding diaryl/α,β-unsaturated/α-hetero) is 2. The van der Waals surface area contributed by atoms with Crippen molar-refractivity contribution in [1.29, 1.82) is 0 Å². The quantitative estimate of drug-likeness (QED) is 0.0461. The first-order valence-electron chi connectivity index (χ1n) is 28.5. The maximum Gasteiger partial charge on any atom is 1.00 e. The molecular weight excluding hydrogens is 1380 g/mol. The van der Waals surface area contributed by atoms with Gasteiger partial charge in [0.05, 0.1) is 71.6 Å². The Balaban J connectivity index is -0.000000123. The Morgan fingerprint density at radius 2 is 0.747 bits per heavy atom. The molecule has 3 N–H and O–H groups in total. The second kappa shape index (κ2) is 60.6. The molecule has 481 valence electrons. The normalized spacial score (nSPS) is 16.4. The van der Waals surface area contributed by atoms with Crippen LogP contribution in [0.15, 0.2) is 72.8 Å². The Morgan fingerprint density at radius 1 is 0.471 bits per heavy atom. The molecule has 5 unspecified atom stereocenters. The number of hydrogen-bond acceptors (Lipinski definition) is 15. The number of carboxylic acids is 2. The number of benzene rings is 3. The molecule has 0 amide bonds. The largest absolute Gasteiger partial charge is 1.00 e. The van der Waals surface area contributed by atoms with E-state index in [1.165, 1.54) is 32.1 Å². The van der Waals surface area contributed by atoms with Crippen molar-refractivity contribution >= 4 is 53.4 Å². The first-order valence-corrected chi connectivity index (χ1v) is 28.5. The molecule has 3 aromatic rings. The topological polar surface area (TPSA) is 270 Å². The molecule has 3 aromatic carbocycles. The van der Waals surface area contributed by atoms with Crippen LogP contribution in [0.3, 0.4) is 0 Å². The Labute approximate surface area is 606 Å². The van der Waals surface area contributed by atoms with Crippen molar-refractivity contribution in [2.24, 2.45) is 29.6 Å². The molecule has 4 aliphatic rings. The van der Waals surface area contributed by atoms with E-state index in [0.29, 0.717) is 62.3 Å². The van der Waals surface area contributed by atoms with Crippen molar-refractivity contribution in [3.63, 3.8) is 0 Å². The molecule has 87 heavy (non-hydrogen) atoms. The van der Waals surface area contributed by atoms with E-state index >= 15 is 0 Å². The summed E-state index contributed by atoms with van der Waals surface area (Å²) in [6.45, 7) is 18.8. The molecule has 0 heterocycles. The Bertz CT molecular complexity index is 2180. The number of carbonyl (C=O) groups is 9. The molecule has 21 heteroatoms. The summed E-state index contributed by atoms with van der Waals surface area (Å²) in [7, 11) is 0. The standard InChI is InChI=1S/2C14H18O4.C12H18O3.C10H10O4.C9H14O.2C2H6.CH4.2CH3.2Na.H2O.W.Y.H/c2*1-3-17-13(15)9-11-6-5-7-12(8-11)10-14(16)18-4-2;1-2-15-12(14)11-9-5-3-4-8(6-9)7-10(11)13;11-9(12)5-7-2-1-3-8(4-7)6-10(13)14;10-9-5-7-2-1-3-8(4-7)6-9;2*1-2;;;;;;;;;/h2*5-8H,3-4,9-10H2,1-2H3;8-9,11H,2-7H2,1H3;1-4H,5-6H2,(H,11,12)(H,13,14);7-8H,1-6H2;2*1-2H3;1H4;2*1H3;;;1H2;;;/q;;;;;;;;2*-1;2*+1;;;;-1/p-1.